The standard InChI is InChI=1S/C26H17Cl2N3O4S/c1-31-24(32)22(36-26(31)30-19-8-4-7-16(12-19)25(33)34)11-15-9-20(27)23(21(28)10-15)35-14-18-6-3-2-5-17(18)13-29/h2-12H,14H2,1H3,(H,33,34). The van der Waals surface area contributed by atoms with Crippen molar-refractivity contribution in [1.82, 2.24) is 4.90 Å². The van der Waals surface area contributed by atoms with E-state index in [1.54, 1.807) is 55.6 Å². The molecule has 7 nitrogen and oxygen atoms in total. The van der Waals surface area contributed by atoms with E-state index in [9.17, 15) is 20.0 Å². The predicted molar refractivity (Wildman–Crippen MR) is 141 cm³/mol. The number of carboxylic acid groups (broad SMARTS) is 1. The van der Waals surface area contributed by atoms with Gasteiger partial charge < -0.3 is 9.84 Å². The lowest BCUT2D eigenvalue weighted by atomic mass is 10.1. The van der Waals surface area contributed by atoms with Gasteiger partial charge in [-0.15, -0.1) is 0 Å². The maximum Gasteiger partial charge on any atom is 0.335 e. The first-order valence-electron chi connectivity index (χ1n) is 10.5. The van der Waals surface area contributed by atoms with Crippen molar-refractivity contribution in [1.29, 1.82) is 5.26 Å². The molecule has 0 bridgehead atoms. The average Bonchev–Trinajstić information content (AvgIpc) is 3.11. The van der Waals surface area contributed by atoms with Gasteiger partial charge in [-0.25, -0.2) is 9.79 Å². The van der Waals surface area contributed by atoms with Crippen LogP contribution in [0.25, 0.3) is 6.08 Å². The Morgan fingerprint density at radius 2 is 1.89 bits per heavy atom. The topological polar surface area (TPSA) is 103 Å². The highest BCUT2D eigenvalue weighted by molar-refractivity contribution is 8.18. The Labute approximate surface area is 221 Å². The maximum absolute atomic E-state index is 12.8. The number of nitriles is 1. The summed E-state index contributed by atoms with van der Waals surface area (Å²) in [5.74, 6) is -1.05. The first-order valence-corrected chi connectivity index (χ1v) is 12.0. The number of amides is 1. The van der Waals surface area contributed by atoms with E-state index in [0.717, 1.165) is 11.8 Å². The van der Waals surface area contributed by atoms with Gasteiger partial charge in [-0.05, 0) is 59.8 Å². The fourth-order valence-electron chi connectivity index (χ4n) is 3.33. The van der Waals surface area contributed by atoms with Crippen molar-refractivity contribution < 1.29 is 19.4 Å². The van der Waals surface area contributed by atoms with Crippen LogP contribution in [-0.4, -0.2) is 34.1 Å². The third-order valence-corrected chi connectivity index (χ3v) is 6.77. The Balaban J connectivity index is 1.55. The van der Waals surface area contributed by atoms with Gasteiger partial charge in [-0.3, -0.25) is 9.69 Å². The third-order valence-electron chi connectivity index (χ3n) is 5.15. The van der Waals surface area contributed by atoms with E-state index < -0.39 is 5.97 Å². The molecular weight excluding hydrogens is 521 g/mol. The molecule has 1 aliphatic heterocycles. The molecule has 0 unspecified atom stereocenters. The first kappa shape index (κ1) is 25.3. The van der Waals surface area contributed by atoms with Gasteiger partial charge in [0, 0.05) is 12.6 Å². The number of carbonyl (C=O) groups is 2. The fraction of sp³-hybridized carbons (Fsp3) is 0.0769. The molecule has 0 aliphatic carbocycles. The van der Waals surface area contributed by atoms with Gasteiger partial charge in [0.2, 0.25) is 0 Å². The molecule has 10 heteroatoms. The van der Waals surface area contributed by atoms with Crippen molar-refractivity contribution in [2.45, 2.75) is 6.61 Å². The Kier molecular flexibility index (Phi) is 7.65. The number of rotatable bonds is 6. The molecule has 1 aliphatic rings. The summed E-state index contributed by atoms with van der Waals surface area (Å²) in [6.45, 7) is 0.117. The molecule has 180 valence electrons. The van der Waals surface area contributed by atoms with Crippen LogP contribution in [0, 0.1) is 11.3 Å². The highest BCUT2D eigenvalue weighted by atomic mass is 35.5. The van der Waals surface area contributed by atoms with E-state index in [0.29, 0.717) is 32.5 Å². The second-order valence-electron chi connectivity index (χ2n) is 7.60. The molecule has 1 fully saturated rings. The van der Waals surface area contributed by atoms with E-state index in [4.69, 9.17) is 27.9 Å². The van der Waals surface area contributed by atoms with E-state index in [2.05, 4.69) is 11.1 Å². The molecule has 1 N–H and O–H groups in total. The molecule has 4 rings (SSSR count). The minimum atomic E-state index is -1.06. The zero-order valence-corrected chi connectivity index (χ0v) is 21.1. The first-order chi connectivity index (χ1) is 17.3. The number of likely N-dealkylation sites (N-methyl/N-ethyl adjacent to an activating group) is 1. The van der Waals surface area contributed by atoms with E-state index in [1.165, 1.54) is 17.0 Å². The van der Waals surface area contributed by atoms with Crippen LogP contribution in [0.2, 0.25) is 10.0 Å². The number of thioether (sulfide) groups is 1. The van der Waals surface area contributed by atoms with Gasteiger partial charge in [0.1, 0.15) is 6.61 Å². The summed E-state index contributed by atoms with van der Waals surface area (Å²) in [6.07, 6.45) is 1.65. The van der Waals surface area contributed by atoms with Gasteiger partial charge in [0.25, 0.3) is 5.91 Å². The summed E-state index contributed by atoms with van der Waals surface area (Å²) >= 11 is 14.0. The zero-order chi connectivity index (χ0) is 25.8. The number of hydrogen-bond acceptors (Lipinski definition) is 6. The number of amidine groups is 1. The zero-order valence-electron chi connectivity index (χ0n) is 18.7. The smallest absolute Gasteiger partial charge is 0.335 e. The van der Waals surface area contributed by atoms with Crippen molar-refractivity contribution in [3.63, 3.8) is 0 Å². The number of aromatic carboxylic acids is 1. The molecule has 0 atom stereocenters. The summed E-state index contributed by atoms with van der Waals surface area (Å²) in [7, 11) is 1.59. The monoisotopic (exact) mass is 537 g/mol. The molecule has 1 heterocycles. The number of halogens is 2. The molecule has 3 aromatic rings. The third kappa shape index (κ3) is 5.55. The van der Waals surface area contributed by atoms with Crippen LogP contribution in [0.1, 0.15) is 27.0 Å². The molecule has 1 amide bonds. The molecule has 0 radical (unpaired) electrons. The number of carboxylic acids is 1. The van der Waals surface area contributed by atoms with Crippen LogP contribution in [0.5, 0.6) is 5.75 Å². The minimum absolute atomic E-state index is 0.104. The van der Waals surface area contributed by atoms with Crippen molar-refractivity contribution in [3.8, 4) is 11.8 Å². The van der Waals surface area contributed by atoms with Crippen LogP contribution in [0.15, 0.2) is 70.6 Å². The number of hydrogen-bond donors (Lipinski definition) is 1. The lowest BCUT2D eigenvalue weighted by Gasteiger charge is -2.12. The molecule has 3 aromatic carbocycles. The normalized spacial score (nSPS) is 15.4. The van der Waals surface area contributed by atoms with Gasteiger partial charge >= 0.3 is 5.97 Å². The van der Waals surface area contributed by atoms with Crippen molar-refractivity contribution in [3.05, 3.63) is 97.9 Å². The molecule has 0 spiro atoms. The van der Waals surface area contributed by atoms with Crippen LogP contribution < -0.4 is 4.74 Å². The number of carbonyl (C=O) groups excluding carboxylic acids is 1. The maximum atomic E-state index is 12.8. The van der Waals surface area contributed by atoms with Gasteiger partial charge in [0.05, 0.1) is 37.8 Å². The summed E-state index contributed by atoms with van der Waals surface area (Å²) in [6, 6.07) is 18.6. The molecular formula is C26H17Cl2N3O4S. The highest BCUT2D eigenvalue weighted by Crippen LogP contribution is 2.38. The number of aliphatic imine (C=N–C) groups is 1. The Morgan fingerprint density at radius 1 is 1.17 bits per heavy atom. The van der Waals surface area contributed by atoms with Crippen LogP contribution in [0.4, 0.5) is 5.69 Å². The molecule has 0 aromatic heterocycles. The van der Waals surface area contributed by atoms with Crippen molar-refractivity contribution in [2.75, 3.05) is 7.05 Å². The van der Waals surface area contributed by atoms with Gasteiger partial charge in [-0.1, -0.05) is 47.5 Å². The largest absolute Gasteiger partial charge is 0.486 e. The molecule has 36 heavy (non-hydrogen) atoms. The molecule has 0 saturated carbocycles. The second-order valence-corrected chi connectivity index (χ2v) is 9.42. The highest BCUT2D eigenvalue weighted by Gasteiger charge is 2.30. The van der Waals surface area contributed by atoms with Gasteiger partial charge in [-0.2, -0.15) is 5.26 Å². The summed E-state index contributed by atoms with van der Waals surface area (Å²) in [5, 5.41) is 19.3. The van der Waals surface area contributed by atoms with Crippen LogP contribution >= 0.6 is 35.0 Å². The van der Waals surface area contributed by atoms with Crippen molar-refractivity contribution in [2.24, 2.45) is 4.99 Å². The lowest BCUT2D eigenvalue weighted by Crippen LogP contribution is -2.23. The predicted octanol–water partition coefficient (Wildman–Crippen LogP) is 6.38. The van der Waals surface area contributed by atoms with Crippen LogP contribution in [0.3, 0.4) is 0 Å². The lowest BCUT2D eigenvalue weighted by molar-refractivity contribution is -0.121. The number of benzene rings is 3. The average molecular weight is 538 g/mol. The Hall–Kier alpha value is -3.77. The number of ether oxygens (including phenoxy) is 1. The molecule has 1 saturated heterocycles. The van der Waals surface area contributed by atoms with E-state index >= 15 is 0 Å². The fourth-order valence-corrected chi connectivity index (χ4v) is 4.93. The summed E-state index contributed by atoms with van der Waals surface area (Å²) in [4.78, 5) is 30.2. The summed E-state index contributed by atoms with van der Waals surface area (Å²) < 4.78 is 5.79. The van der Waals surface area contributed by atoms with E-state index in [1.807, 2.05) is 6.07 Å². The van der Waals surface area contributed by atoms with Gasteiger partial charge in [0.15, 0.2) is 10.9 Å². The SMILES string of the molecule is CN1C(=O)C(=Cc2cc(Cl)c(OCc3ccccc3C#N)c(Cl)c2)SC1=Nc1cccc(C(=O)O)c1. The Bertz CT molecular complexity index is 1460. The summed E-state index contributed by atoms with van der Waals surface area (Å²) in [5.41, 5.74) is 2.32. The van der Waals surface area contributed by atoms with Crippen LogP contribution in [-0.2, 0) is 11.4 Å². The minimum Gasteiger partial charge on any atom is -0.486 e. The quantitative estimate of drug-likeness (QED) is 0.366. The van der Waals surface area contributed by atoms with E-state index in [-0.39, 0.29) is 33.9 Å². The second kappa shape index (κ2) is 10.9. The number of nitrogens with zero attached hydrogens (tertiary/aromatic N) is 3. The Morgan fingerprint density at radius 3 is 2.58 bits per heavy atom. The van der Waals surface area contributed by atoms with Crippen molar-refractivity contribution >= 4 is 63.8 Å².